The van der Waals surface area contributed by atoms with Gasteiger partial charge in [0, 0.05) is 18.4 Å². The Labute approximate surface area is 186 Å². The molecule has 1 heterocycles. The average Bonchev–Trinajstić information content (AvgIpc) is 3.27. The zero-order valence-electron chi connectivity index (χ0n) is 18.7. The van der Waals surface area contributed by atoms with E-state index in [1.54, 1.807) is 28.3 Å². The number of rotatable bonds is 7. The van der Waals surface area contributed by atoms with Crippen LogP contribution in [-0.4, -0.2) is 52.4 Å². The van der Waals surface area contributed by atoms with Crippen LogP contribution in [0.25, 0.3) is 0 Å². The smallest absolute Gasteiger partial charge is 0.310 e. The van der Waals surface area contributed by atoms with Crippen molar-refractivity contribution < 1.29 is 38.3 Å². The van der Waals surface area contributed by atoms with Gasteiger partial charge in [0.2, 0.25) is 12.5 Å². The highest BCUT2D eigenvalue weighted by Gasteiger charge is 2.44. The predicted octanol–water partition coefficient (Wildman–Crippen LogP) is 2.92. The molecule has 0 aromatic heterocycles. The van der Waals surface area contributed by atoms with Gasteiger partial charge in [0.1, 0.15) is 0 Å². The summed E-state index contributed by atoms with van der Waals surface area (Å²) in [5.41, 5.74) is 2.70. The molecule has 4 rings (SSSR count). The van der Waals surface area contributed by atoms with Crippen LogP contribution in [0.15, 0.2) is 24.3 Å². The SMILES string of the molecule is CCOC(=O)[C@H]1[C@H](CO)Cc2cc3c(cc2[C@H]1c1cc(OC)c(OC)c(OC)c1)OCO3. The van der Waals surface area contributed by atoms with Crippen molar-refractivity contribution in [1.82, 2.24) is 0 Å². The van der Waals surface area contributed by atoms with E-state index in [1.807, 2.05) is 24.3 Å². The molecule has 8 nitrogen and oxygen atoms in total. The van der Waals surface area contributed by atoms with Crippen LogP contribution >= 0.6 is 0 Å². The van der Waals surface area contributed by atoms with Crippen LogP contribution in [0.4, 0.5) is 0 Å². The monoisotopic (exact) mass is 444 g/mol. The summed E-state index contributed by atoms with van der Waals surface area (Å²) in [6, 6.07) is 7.54. The molecule has 2 aromatic carbocycles. The number of ether oxygens (including phenoxy) is 6. The minimum atomic E-state index is -0.601. The maximum absolute atomic E-state index is 13.2. The number of aliphatic hydroxyl groups excluding tert-OH is 1. The van der Waals surface area contributed by atoms with E-state index in [0.717, 1.165) is 16.7 Å². The lowest BCUT2D eigenvalue weighted by atomic mass is 9.66. The Morgan fingerprint density at radius 2 is 1.69 bits per heavy atom. The summed E-state index contributed by atoms with van der Waals surface area (Å²) in [5, 5.41) is 10.2. The fourth-order valence-corrected chi connectivity index (χ4v) is 4.75. The molecule has 3 atom stereocenters. The molecule has 1 aliphatic carbocycles. The van der Waals surface area contributed by atoms with Gasteiger partial charge in [0.15, 0.2) is 23.0 Å². The number of esters is 1. The molecule has 0 bridgehead atoms. The topological polar surface area (TPSA) is 92.7 Å². The van der Waals surface area contributed by atoms with E-state index in [0.29, 0.717) is 35.2 Å². The van der Waals surface area contributed by atoms with E-state index in [4.69, 9.17) is 28.4 Å². The van der Waals surface area contributed by atoms with Gasteiger partial charge >= 0.3 is 5.97 Å². The fraction of sp³-hybridized carbons (Fsp3) is 0.458. The highest BCUT2D eigenvalue weighted by atomic mass is 16.7. The minimum absolute atomic E-state index is 0.151. The number of benzene rings is 2. The average molecular weight is 444 g/mol. The van der Waals surface area contributed by atoms with Gasteiger partial charge in [-0.1, -0.05) is 0 Å². The Balaban J connectivity index is 1.94. The van der Waals surface area contributed by atoms with E-state index in [-0.39, 0.29) is 31.9 Å². The van der Waals surface area contributed by atoms with Crippen LogP contribution in [0.3, 0.4) is 0 Å². The molecule has 2 aromatic rings. The predicted molar refractivity (Wildman–Crippen MR) is 115 cm³/mol. The zero-order valence-corrected chi connectivity index (χ0v) is 18.7. The van der Waals surface area contributed by atoms with E-state index < -0.39 is 11.8 Å². The van der Waals surface area contributed by atoms with Gasteiger partial charge < -0.3 is 33.5 Å². The normalized spacial score (nSPS) is 21.0. The van der Waals surface area contributed by atoms with Crippen molar-refractivity contribution >= 4 is 5.97 Å². The van der Waals surface area contributed by atoms with Crippen molar-refractivity contribution in [3.8, 4) is 28.7 Å². The van der Waals surface area contributed by atoms with Crippen molar-refractivity contribution in [3.63, 3.8) is 0 Å². The van der Waals surface area contributed by atoms with Gasteiger partial charge in [-0.25, -0.2) is 0 Å². The summed E-state index contributed by atoms with van der Waals surface area (Å²) in [7, 11) is 4.64. The van der Waals surface area contributed by atoms with Gasteiger partial charge in [-0.05, 0) is 54.3 Å². The van der Waals surface area contributed by atoms with Crippen LogP contribution < -0.4 is 23.7 Å². The quantitative estimate of drug-likeness (QED) is 0.652. The Bertz CT molecular complexity index is 977. The Morgan fingerprint density at radius 1 is 1.03 bits per heavy atom. The van der Waals surface area contributed by atoms with Gasteiger partial charge in [-0.2, -0.15) is 0 Å². The highest BCUT2D eigenvalue weighted by molar-refractivity contribution is 5.77. The Kier molecular flexibility index (Phi) is 6.32. The van der Waals surface area contributed by atoms with Gasteiger partial charge in [0.25, 0.3) is 0 Å². The van der Waals surface area contributed by atoms with Crippen LogP contribution in [0.5, 0.6) is 28.7 Å². The first-order valence-electron chi connectivity index (χ1n) is 10.6. The lowest BCUT2D eigenvalue weighted by Gasteiger charge is -2.38. The first-order valence-corrected chi connectivity index (χ1v) is 10.6. The first-order chi connectivity index (χ1) is 15.6. The fourth-order valence-electron chi connectivity index (χ4n) is 4.75. The largest absolute Gasteiger partial charge is 0.493 e. The number of aliphatic hydroxyl groups is 1. The molecule has 0 saturated carbocycles. The van der Waals surface area contributed by atoms with E-state index >= 15 is 0 Å². The summed E-state index contributed by atoms with van der Waals surface area (Å²) < 4.78 is 33.2. The van der Waals surface area contributed by atoms with Crippen molar-refractivity contribution in [2.45, 2.75) is 19.3 Å². The number of methoxy groups -OCH3 is 3. The lowest BCUT2D eigenvalue weighted by Crippen LogP contribution is -2.39. The molecule has 0 spiro atoms. The molecule has 172 valence electrons. The van der Waals surface area contributed by atoms with Crippen molar-refractivity contribution in [2.75, 3.05) is 41.3 Å². The molecule has 0 radical (unpaired) electrons. The Hall–Kier alpha value is -3.13. The highest BCUT2D eigenvalue weighted by Crippen LogP contribution is 2.51. The maximum Gasteiger partial charge on any atom is 0.310 e. The molecule has 8 heteroatoms. The molecule has 2 aliphatic rings. The van der Waals surface area contributed by atoms with Crippen molar-refractivity contribution in [2.24, 2.45) is 11.8 Å². The van der Waals surface area contributed by atoms with Crippen LogP contribution in [0, 0.1) is 11.8 Å². The number of hydrogen-bond acceptors (Lipinski definition) is 8. The van der Waals surface area contributed by atoms with E-state index in [9.17, 15) is 9.90 Å². The summed E-state index contributed by atoms with van der Waals surface area (Å²) in [6.07, 6.45) is 0.521. The molecule has 1 N–H and O–H groups in total. The standard InChI is InChI=1S/C24H28O8/c1-5-30-24(26)22-15(11-25)6-13-7-17-18(32-12-31-17)10-16(13)21(22)14-8-19(27-2)23(29-4)20(9-14)28-3/h7-10,15,21-22,25H,5-6,11-12H2,1-4H3/t15-,21+,22-/m0/s1. The summed E-state index contributed by atoms with van der Waals surface area (Å²) in [5.74, 6) is 1.03. The molecule has 1 aliphatic heterocycles. The van der Waals surface area contributed by atoms with Gasteiger partial charge in [-0.15, -0.1) is 0 Å². The van der Waals surface area contributed by atoms with Crippen LogP contribution in [0.2, 0.25) is 0 Å². The number of fused-ring (bicyclic) bond motifs is 2. The molecule has 32 heavy (non-hydrogen) atoms. The first kappa shape index (κ1) is 22.1. The number of hydrogen-bond donors (Lipinski definition) is 1. The van der Waals surface area contributed by atoms with Crippen LogP contribution in [0.1, 0.15) is 29.5 Å². The molecule has 0 amide bonds. The van der Waals surface area contributed by atoms with E-state index in [2.05, 4.69) is 0 Å². The van der Waals surface area contributed by atoms with Crippen molar-refractivity contribution in [1.29, 1.82) is 0 Å². The number of carbonyl (C=O) groups is 1. The second-order valence-electron chi connectivity index (χ2n) is 7.77. The van der Waals surface area contributed by atoms with Gasteiger partial charge in [-0.3, -0.25) is 4.79 Å². The second kappa shape index (κ2) is 9.16. The Morgan fingerprint density at radius 3 is 2.25 bits per heavy atom. The zero-order chi connectivity index (χ0) is 22.8. The molecular weight excluding hydrogens is 416 g/mol. The molecular formula is C24H28O8. The lowest BCUT2D eigenvalue weighted by molar-refractivity contribution is -0.151. The third kappa shape index (κ3) is 3.68. The summed E-state index contributed by atoms with van der Waals surface area (Å²) in [4.78, 5) is 13.2. The third-order valence-electron chi connectivity index (χ3n) is 6.16. The second-order valence-corrected chi connectivity index (χ2v) is 7.77. The van der Waals surface area contributed by atoms with E-state index in [1.165, 1.54) is 0 Å². The molecule has 0 saturated heterocycles. The van der Waals surface area contributed by atoms with Crippen molar-refractivity contribution in [3.05, 3.63) is 41.0 Å². The summed E-state index contributed by atoms with van der Waals surface area (Å²) in [6.45, 7) is 2.02. The minimum Gasteiger partial charge on any atom is -0.493 e. The summed E-state index contributed by atoms with van der Waals surface area (Å²) >= 11 is 0. The molecule has 0 fully saturated rings. The molecule has 0 unspecified atom stereocenters. The third-order valence-corrected chi connectivity index (χ3v) is 6.16. The van der Waals surface area contributed by atoms with Gasteiger partial charge in [0.05, 0.1) is 33.9 Å². The maximum atomic E-state index is 13.2. The van der Waals surface area contributed by atoms with Crippen LogP contribution in [-0.2, 0) is 16.0 Å². The number of carbonyl (C=O) groups excluding carboxylic acids is 1.